The van der Waals surface area contributed by atoms with Gasteiger partial charge >= 0.3 is 0 Å². The fraction of sp³-hybridized carbons (Fsp3) is 1.00. The number of piperidine rings is 1. The topological polar surface area (TPSA) is 24.1 Å². The predicted octanol–water partition coefficient (Wildman–Crippen LogP) is 3.04. The summed E-state index contributed by atoms with van der Waals surface area (Å²) in [6.45, 7) is 16.8. The number of hydrogen-bond donors (Lipinski definition) is 2. The quantitative estimate of drug-likeness (QED) is 0.759. The van der Waals surface area contributed by atoms with E-state index < -0.39 is 0 Å². The molecule has 0 aromatic carbocycles. The molecule has 0 bridgehead atoms. The van der Waals surface area contributed by atoms with Crippen molar-refractivity contribution < 1.29 is 0 Å². The first-order valence-corrected chi connectivity index (χ1v) is 6.75. The number of rotatable bonds is 2. The monoisotopic (exact) mass is 228 g/mol. The number of nitrogens with one attached hydrogen (secondary N) is 2. The van der Waals surface area contributed by atoms with Crippen molar-refractivity contribution in [2.24, 2.45) is 11.3 Å². The normalized spacial score (nSPS) is 18.2. The van der Waals surface area contributed by atoms with Crippen LogP contribution in [0.25, 0.3) is 0 Å². The molecule has 1 rings (SSSR count). The van der Waals surface area contributed by atoms with Crippen LogP contribution in [-0.4, -0.2) is 25.7 Å². The van der Waals surface area contributed by atoms with E-state index in [1.165, 1.54) is 25.9 Å². The molecule has 1 fully saturated rings. The van der Waals surface area contributed by atoms with E-state index in [1.807, 2.05) is 0 Å². The van der Waals surface area contributed by atoms with E-state index in [4.69, 9.17) is 0 Å². The largest absolute Gasteiger partial charge is 0.317 e. The zero-order valence-corrected chi connectivity index (χ0v) is 12.2. The highest BCUT2D eigenvalue weighted by molar-refractivity contribution is 4.76. The van der Waals surface area contributed by atoms with Gasteiger partial charge in [0.25, 0.3) is 0 Å². The maximum absolute atomic E-state index is 3.62. The van der Waals surface area contributed by atoms with Gasteiger partial charge in [0.05, 0.1) is 0 Å². The third kappa shape index (κ3) is 12.0. The van der Waals surface area contributed by atoms with Crippen LogP contribution in [0.15, 0.2) is 0 Å². The van der Waals surface area contributed by atoms with Crippen LogP contribution in [0.3, 0.4) is 0 Å². The Balaban J connectivity index is 0.000000487. The average molecular weight is 228 g/mol. The molecule has 2 N–H and O–H groups in total. The minimum atomic E-state index is 0.422. The van der Waals surface area contributed by atoms with Crippen LogP contribution in [0.1, 0.15) is 54.4 Å². The summed E-state index contributed by atoms with van der Waals surface area (Å²) in [5.41, 5.74) is 0.422. The predicted molar refractivity (Wildman–Crippen MR) is 73.9 cm³/mol. The molecule has 0 unspecified atom stereocenters. The van der Waals surface area contributed by atoms with E-state index in [2.05, 4.69) is 52.2 Å². The first-order valence-electron chi connectivity index (χ1n) is 6.75. The fourth-order valence-corrected chi connectivity index (χ4v) is 1.48. The van der Waals surface area contributed by atoms with Crippen LogP contribution in [0.4, 0.5) is 0 Å². The van der Waals surface area contributed by atoms with Crippen LogP contribution >= 0.6 is 0 Å². The second-order valence-corrected chi connectivity index (χ2v) is 6.70. The Morgan fingerprint density at radius 3 is 1.94 bits per heavy atom. The van der Waals surface area contributed by atoms with Gasteiger partial charge in [0.15, 0.2) is 0 Å². The summed E-state index contributed by atoms with van der Waals surface area (Å²) in [7, 11) is 0. The SMILES string of the molecule is CC(C)(C)CNC1CCNCC1.CC(C)C. The van der Waals surface area contributed by atoms with Gasteiger partial charge in [0.2, 0.25) is 0 Å². The summed E-state index contributed by atoms with van der Waals surface area (Å²) in [5, 5.41) is 6.99. The molecular formula is C14H32N2. The van der Waals surface area contributed by atoms with Crippen molar-refractivity contribution >= 4 is 0 Å². The zero-order valence-electron chi connectivity index (χ0n) is 12.2. The highest BCUT2D eigenvalue weighted by Gasteiger charge is 2.15. The van der Waals surface area contributed by atoms with Crippen LogP contribution in [0, 0.1) is 11.3 Å². The maximum atomic E-state index is 3.62. The molecular weight excluding hydrogens is 196 g/mol. The molecule has 0 aliphatic carbocycles. The van der Waals surface area contributed by atoms with Crippen LogP contribution in [0.5, 0.6) is 0 Å². The smallest absolute Gasteiger partial charge is 0.00914 e. The molecule has 0 aromatic rings. The molecule has 0 amide bonds. The average Bonchev–Trinajstić information content (AvgIpc) is 2.14. The van der Waals surface area contributed by atoms with Crippen molar-refractivity contribution in [3.05, 3.63) is 0 Å². The van der Waals surface area contributed by atoms with Crippen LogP contribution < -0.4 is 10.6 Å². The Hall–Kier alpha value is -0.0800. The molecule has 0 saturated carbocycles. The first-order chi connectivity index (χ1) is 7.31. The standard InChI is InChI=1S/C10H22N2.C4H10/c1-10(2,3)8-12-9-4-6-11-7-5-9;1-4(2)3/h9,11-12H,4-8H2,1-3H3;4H,1-3H3. The second-order valence-electron chi connectivity index (χ2n) is 6.70. The van der Waals surface area contributed by atoms with Gasteiger partial charge in [-0.3, -0.25) is 0 Å². The van der Waals surface area contributed by atoms with Gasteiger partial charge in [-0.05, 0) is 37.3 Å². The van der Waals surface area contributed by atoms with E-state index in [0.29, 0.717) is 5.41 Å². The fourth-order valence-electron chi connectivity index (χ4n) is 1.48. The molecule has 2 nitrogen and oxygen atoms in total. The van der Waals surface area contributed by atoms with Gasteiger partial charge in [-0.2, -0.15) is 0 Å². The highest BCUT2D eigenvalue weighted by atomic mass is 15.0. The first kappa shape index (κ1) is 15.9. The number of hydrogen-bond acceptors (Lipinski definition) is 2. The van der Waals surface area contributed by atoms with E-state index in [1.54, 1.807) is 0 Å². The van der Waals surface area contributed by atoms with E-state index in [0.717, 1.165) is 18.5 Å². The van der Waals surface area contributed by atoms with Gasteiger partial charge in [-0.15, -0.1) is 0 Å². The minimum absolute atomic E-state index is 0.422. The summed E-state index contributed by atoms with van der Waals surface area (Å²) in [6.07, 6.45) is 2.58. The Morgan fingerprint density at radius 2 is 1.56 bits per heavy atom. The Labute approximate surface area is 103 Å². The second kappa shape index (κ2) is 8.08. The van der Waals surface area contributed by atoms with Crippen molar-refractivity contribution in [3.63, 3.8) is 0 Å². The lowest BCUT2D eigenvalue weighted by Crippen LogP contribution is -2.42. The van der Waals surface area contributed by atoms with Gasteiger partial charge in [-0.25, -0.2) is 0 Å². The summed E-state index contributed by atoms with van der Waals surface area (Å²) in [5.74, 6) is 0.833. The van der Waals surface area contributed by atoms with Crippen molar-refractivity contribution in [2.45, 2.75) is 60.4 Å². The molecule has 98 valence electrons. The molecule has 0 spiro atoms. The summed E-state index contributed by atoms with van der Waals surface area (Å²) in [4.78, 5) is 0. The Morgan fingerprint density at radius 1 is 1.12 bits per heavy atom. The molecule has 2 heteroatoms. The molecule has 1 saturated heterocycles. The van der Waals surface area contributed by atoms with Gasteiger partial charge < -0.3 is 10.6 Å². The minimum Gasteiger partial charge on any atom is -0.317 e. The summed E-state index contributed by atoms with van der Waals surface area (Å²) < 4.78 is 0. The third-order valence-corrected chi connectivity index (χ3v) is 2.26. The molecule has 0 atom stereocenters. The maximum Gasteiger partial charge on any atom is 0.00914 e. The lowest BCUT2D eigenvalue weighted by atomic mass is 9.95. The van der Waals surface area contributed by atoms with Crippen molar-refractivity contribution in [2.75, 3.05) is 19.6 Å². The van der Waals surface area contributed by atoms with Crippen molar-refractivity contribution in [1.82, 2.24) is 10.6 Å². The summed E-state index contributed by atoms with van der Waals surface area (Å²) in [6, 6.07) is 0.755. The van der Waals surface area contributed by atoms with Gasteiger partial charge in [0.1, 0.15) is 0 Å². The van der Waals surface area contributed by atoms with E-state index in [9.17, 15) is 0 Å². The highest BCUT2D eigenvalue weighted by Crippen LogP contribution is 2.12. The Bertz CT molecular complexity index is 150. The lowest BCUT2D eigenvalue weighted by Gasteiger charge is -2.27. The molecule has 1 heterocycles. The van der Waals surface area contributed by atoms with Crippen molar-refractivity contribution in [3.8, 4) is 0 Å². The molecule has 0 radical (unpaired) electrons. The molecule has 1 aliphatic heterocycles. The van der Waals surface area contributed by atoms with Crippen LogP contribution in [0.2, 0.25) is 0 Å². The zero-order chi connectivity index (χ0) is 12.6. The third-order valence-electron chi connectivity index (χ3n) is 2.26. The molecule has 16 heavy (non-hydrogen) atoms. The van der Waals surface area contributed by atoms with E-state index in [-0.39, 0.29) is 0 Å². The van der Waals surface area contributed by atoms with Gasteiger partial charge in [0, 0.05) is 12.6 Å². The van der Waals surface area contributed by atoms with Gasteiger partial charge in [-0.1, -0.05) is 41.5 Å². The lowest BCUT2D eigenvalue weighted by molar-refractivity contribution is 0.314. The molecule has 0 aromatic heterocycles. The molecule has 1 aliphatic rings. The Kier molecular flexibility index (Phi) is 8.04. The summed E-state index contributed by atoms with van der Waals surface area (Å²) >= 11 is 0. The van der Waals surface area contributed by atoms with Crippen molar-refractivity contribution in [1.29, 1.82) is 0 Å². The van der Waals surface area contributed by atoms with E-state index >= 15 is 0 Å². The van der Waals surface area contributed by atoms with Crippen LogP contribution in [-0.2, 0) is 0 Å².